The maximum Gasteiger partial charge on any atom is 0.219 e. The number of hydrogen-bond acceptors (Lipinski definition) is 4. The van der Waals surface area contributed by atoms with Crippen molar-refractivity contribution in [2.75, 3.05) is 5.73 Å². The number of rotatable bonds is 4. The Labute approximate surface area is 97.2 Å². The Morgan fingerprint density at radius 1 is 1.38 bits per heavy atom. The van der Waals surface area contributed by atoms with Gasteiger partial charge in [0.25, 0.3) is 0 Å². The van der Waals surface area contributed by atoms with Gasteiger partial charge in [0.1, 0.15) is 17.2 Å². The molecule has 1 rings (SSSR count). The Kier molecular flexibility index (Phi) is 3.73. The van der Waals surface area contributed by atoms with Crippen molar-refractivity contribution >= 4 is 5.82 Å². The molecule has 0 aliphatic rings. The van der Waals surface area contributed by atoms with Gasteiger partial charge in [-0.1, -0.05) is 20.8 Å². The normalized spacial score (nSPS) is 11.9. The molecular weight excluding hydrogens is 202 g/mol. The van der Waals surface area contributed by atoms with Crippen molar-refractivity contribution in [2.45, 2.75) is 52.6 Å². The van der Waals surface area contributed by atoms with E-state index in [0.717, 1.165) is 12.2 Å². The lowest BCUT2D eigenvalue weighted by Gasteiger charge is -2.24. The van der Waals surface area contributed by atoms with Crippen molar-refractivity contribution in [3.8, 4) is 5.88 Å². The largest absolute Gasteiger partial charge is 0.472 e. The second-order valence-electron chi connectivity index (χ2n) is 4.86. The molecule has 0 aliphatic heterocycles. The lowest BCUT2D eigenvalue weighted by Crippen LogP contribution is -2.27. The summed E-state index contributed by atoms with van der Waals surface area (Å²) in [6.45, 7) is 10.2. The van der Waals surface area contributed by atoms with Crippen molar-refractivity contribution in [2.24, 2.45) is 0 Å². The Morgan fingerprint density at radius 2 is 2.00 bits per heavy atom. The van der Waals surface area contributed by atoms with Crippen LogP contribution in [0, 0.1) is 0 Å². The maximum atomic E-state index is 5.79. The van der Waals surface area contributed by atoms with Crippen LogP contribution in [0.15, 0.2) is 6.07 Å². The predicted octanol–water partition coefficient (Wildman–Crippen LogP) is 2.75. The molecule has 1 heterocycles. The lowest BCUT2D eigenvalue weighted by molar-refractivity contribution is 0.0985. The van der Waals surface area contributed by atoms with E-state index >= 15 is 0 Å². The van der Waals surface area contributed by atoms with E-state index in [1.54, 1.807) is 6.07 Å². The summed E-state index contributed by atoms with van der Waals surface area (Å²) in [5, 5.41) is 0. The van der Waals surface area contributed by atoms with E-state index in [2.05, 4.69) is 16.9 Å². The van der Waals surface area contributed by atoms with Gasteiger partial charge in [-0.2, -0.15) is 4.98 Å². The van der Waals surface area contributed by atoms with Crippen LogP contribution in [0.2, 0.25) is 0 Å². The van der Waals surface area contributed by atoms with Crippen LogP contribution < -0.4 is 10.5 Å². The third kappa shape index (κ3) is 3.36. The molecule has 0 radical (unpaired) electrons. The summed E-state index contributed by atoms with van der Waals surface area (Å²) in [5.41, 5.74) is 5.50. The van der Waals surface area contributed by atoms with Crippen LogP contribution in [0.25, 0.3) is 0 Å². The van der Waals surface area contributed by atoms with Gasteiger partial charge in [-0.05, 0) is 20.3 Å². The molecule has 0 amide bonds. The average molecular weight is 223 g/mol. The minimum atomic E-state index is -0.227. The molecule has 2 N–H and O–H groups in total. The summed E-state index contributed by atoms with van der Waals surface area (Å²) in [7, 11) is 0. The van der Waals surface area contributed by atoms with Gasteiger partial charge in [0.05, 0.1) is 0 Å². The third-order valence-corrected chi connectivity index (χ3v) is 2.49. The molecule has 4 heteroatoms. The first-order valence-corrected chi connectivity index (χ1v) is 5.67. The molecular formula is C12H21N3O. The third-order valence-electron chi connectivity index (χ3n) is 2.49. The zero-order chi connectivity index (χ0) is 12.3. The molecule has 0 aliphatic carbocycles. The predicted molar refractivity (Wildman–Crippen MR) is 65.5 cm³/mol. The maximum absolute atomic E-state index is 5.79. The van der Waals surface area contributed by atoms with Gasteiger partial charge in [-0.3, -0.25) is 0 Å². The molecule has 90 valence electrons. The molecule has 16 heavy (non-hydrogen) atoms. The highest BCUT2D eigenvalue weighted by Crippen LogP contribution is 2.22. The highest BCUT2D eigenvalue weighted by Gasteiger charge is 2.18. The smallest absolute Gasteiger partial charge is 0.219 e. The number of nitrogens with two attached hydrogens (primary N) is 1. The number of hydrogen-bond donors (Lipinski definition) is 1. The number of aromatic nitrogens is 2. The summed E-state index contributed by atoms with van der Waals surface area (Å²) in [6, 6.07) is 1.67. The van der Waals surface area contributed by atoms with E-state index in [9.17, 15) is 0 Å². The first kappa shape index (κ1) is 12.7. The molecule has 1 aromatic heterocycles. The van der Waals surface area contributed by atoms with Crippen LogP contribution in [0.1, 0.15) is 52.8 Å². The summed E-state index contributed by atoms with van der Waals surface area (Å²) >= 11 is 0. The number of nitrogen functional groups attached to an aromatic ring is 1. The van der Waals surface area contributed by atoms with Gasteiger partial charge < -0.3 is 10.5 Å². The van der Waals surface area contributed by atoms with Crippen molar-refractivity contribution in [1.29, 1.82) is 0 Å². The quantitative estimate of drug-likeness (QED) is 0.852. The molecule has 0 fully saturated rings. The lowest BCUT2D eigenvalue weighted by atomic mass is 10.1. The summed E-state index contributed by atoms with van der Waals surface area (Å²) in [5.74, 6) is 1.99. The van der Waals surface area contributed by atoms with Crippen LogP contribution in [-0.4, -0.2) is 15.6 Å². The monoisotopic (exact) mass is 223 g/mol. The Balaban J connectivity index is 2.97. The second kappa shape index (κ2) is 4.68. The fraction of sp³-hybridized carbons (Fsp3) is 0.667. The van der Waals surface area contributed by atoms with E-state index in [0.29, 0.717) is 11.7 Å². The van der Waals surface area contributed by atoms with Crippen molar-refractivity contribution in [3.63, 3.8) is 0 Å². The van der Waals surface area contributed by atoms with Crippen molar-refractivity contribution in [3.05, 3.63) is 11.9 Å². The molecule has 0 saturated heterocycles. The minimum absolute atomic E-state index is 0.227. The van der Waals surface area contributed by atoms with Gasteiger partial charge in [0, 0.05) is 12.0 Å². The first-order chi connectivity index (χ1) is 7.34. The van der Waals surface area contributed by atoms with Gasteiger partial charge in [-0.15, -0.1) is 0 Å². The molecule has 0 aromatic carbocycles. The summed E-state index contributed by atoms with van der Waals surface area (Å²) in [4.78, 5) is 8.53. The molecule has 0 spiro atoms. The van der Waals surface area contributed by atoms with Crippen LogP contribution in [0.5, 0.6) is 5.88 Å². The van der Waals surface area contributed by atoms with Crippen LogP contribution in [-0.2, 0) is 0 Å². The Morgan fingerprint density at radius 3 is 2.50 bits per heavy atom. The summed E-state index contributed by atoms with van der Waals surface area (Å²) in [6.07, 6.45) is 0.911. The standard InChI is InChI=1S/C12H21N3O/c1-6-12(4,5)16-10-7-9(13)14-11(15-10)8(2)3/h7-8H,6H2,1-5H3,(H2,13,14,15). The van der Waals surface area contributed by atoms with Gasteiger partial charge in [0.2, 0.25) is 5.88 Å². The Hall–Kier alpha value is -1.32. The van der Waals surface area contributed by atoms with Crippen LogP contribution >= 0.6 is 0 Å². The highest BCUT2D eigenvalue weighted by atomic mass is 16.5. The number of ether oxygens (including phenoxy) is 1. The van der Waals surface area contributed by atoms with Gasteiger partial charge in [-0.25, -0.2) is 4.98 Å². The fourth-order valence-corrected chi connectivity index (χ4v) is 1.13. The number of anilines is 1. The molecule has 0 unspecified atom stereocenters. The fourth-order valence-electron chi connectivity index (χ4n) is 1.13. The average Bonchev–Trinajstić information content (AvgIpc) is 2.16. The molecule has 0 atom stereocenters. The van der Waals surface area contributed by atoms with E-state index in [-0.39, 0.29) is 11.5 Å². The van der Waals surface area contributed by atoms with Gasteiger partial charge >= 0.3 is 0 Å². The van der Waals surface area contributed by atoms with Crippen molar-refractivity contribution in [1.82, 2.24) is 9.97 Å². The highest BCUT2D eigenvalue weighted by molar-refractivity contribution is 5.33. The van der Waals surface area contributed by atoms with E-state index < -0.39 is 0 Å². The van der Waals surface area contributed by atoms with Gasteiger partial charge in [0.15, 0.2) is 0 Å². The topological polar surface area (TPSA) is 61.0 Å². The zero-order valence-corrected chi connectivity index (χ0v) is 10.7. The minimum Gasteiger partial charge on any atom is -0.472 e. The number of nitrogens with zero attached hydrogens (tertiary/aromatic N) is 2. The van der Waals surface area contributed by atoms with E-state index in [1.807, 2.05) is 27.7 Å². The molecule has 1 aromatic rings. The first-order valence-electron chi connectivity index (χ1n) is 5.67. The van der Waals surface area contributed by atoms with Crippen LogP contribution in [0.3, 0.4) is 0 Å². The zero-order valence-electron chi connectivity index (χ0n) is 10.7. The molecule has 4 nitrogen and oxygen atoms in total. The molecule has 0 saturated carbocycles. The van der Waals surface area contributed by atoms with Crippen molar-refractivity contribution < 1.29 is 4.74 Å². The van der Waals surface area contributed by atoms with E-state index in [1.165, 1.54) is 0 Å². The second-order valence-corrected chi connectivity index (χ2v) is 4.86. The molecule has 0 bridgehead atoms. The van der Waals surface area contributed by atoms with Crippen LogP contribution in [0.4, 0.5) is 5.82 Å². The SMILES string of the molecule is CCC(C)(C)Oc1cc(N)nc(C(C)C)n1. The van der Waals surface area contributed by atoms with E-state index in [4.69, 9.17) is 10.5 Å². The Bertz CT molecular complexity index is 361. The summed E-state index contributed by atoms with van der Waals surface area (Å²) < 4.78 is 5.79.